The molecule has 0 aliphatic rings. The highest BCUT2D eigenvalue weighted by Crippen LogP contribution is 2.19. The largest absolute Gasteiger partial charge is 0.480 e. The van der Waals surface area contributed by atoms with Crippen molar-refractivity contribution in [2.45, 2.75) is 32.7 Å². The zero-order chi connectivity index (χ0) is 13.7. The first-order valence-corrected chi connectivity index (χ1v) is 6.37. The Kier molecular flexibility index (Phi) is 5.21. The number of amides is 1. The smallest absolute Gasteiger partial charge is 0.328 e. The molecule has 1 rings (SSSR count). The summed E-state index contributed by atoms with van der Waals surface area (Å²) in [4.78, 5) is 27.0. The normalized spacial score (nSPS) is 12.2. The molecule has 0 bridgehead atoms. The highest BCUT2D eigenvalue weighted by atomic mass is 32.1. The van der Waals surface area contributed by atoms with Crippen LogP contribution in [0, 0.1) is 6.92 Å². The van der Waals surface area contributed by atoms with E-state index in [1.54, 1.807) is 6.92 Å². The third kappa shape index (κ3) is 3.49. The number of rotatable bonds is 6. The van der Waals surface area contributed by atoms with Gasteiger partial charge >= 0.3 is 5.97 Å². The summed E-state index contributed by atoms with van der Waals surface area (Å²) >= 11 is 1.22. The molecule has 0 saturated carbocycles. The van der Waals surface area contributed by atoms with E-state index in [0.29, 0.717) is 10.6 Å². The third-order valence-electron chi connectivity index (χ3n) is 2.27. The Balaban J connectivity index is 2.80. The first-order valence-electron chi connectivity index (χ1n) is 5.55. The second-order valence-corrected chi connectivity index (χ2v) is 4.87. The summed E-state index contributed by atoms with van der Waals surface area (Å²) in [6, 6.07) is -1.51. The van der Waals surface area contributed by atoms with Gasteiger partial charge in [0.1, 0.15) is 11.6 Å². The molecule has 1 atom stereocenters. The molecule has 1 heterocycles. The van der Waals surface area contributed by atoms with Crippen LogP contribution >= 0.6 is 11.3 Å². The Hall–Kier alpha value is -1.50. The number of aryl methyl sites for hydroxylation is 2. The van der Waals surface area contributed by atoms with Crippen molar-refractivity contribution in [2.24, 2.45) is 0 Å². The highest BCUT2D eigenvalue weighted by molar-refractivity contribution is 7.13. The molecule has 5 nitrogen and oxygen atoms in total. The molecule has 0 spiro atoms. The molecule has 100 valence electrons. The Bertz CT molecular complexity index is 447. The molecule has 0 aliphatic heterocycles. The Morgan fingerprint density at radius 2 is 2.22 bits per heavy atom. The van der Waals surface area contributed by atoms with E-state index in [9.17, 15) is 14.0 Å². The maximum absolute atomic E-state index is 12.4. The van der Waals surface area contributed by atoms with Crippen molar-refractivity contribution in [2.75, 3.05) is 6.67 Å². The van der Waals surface area contributed by atoms with Crippen LogP contribution in [0.5, 0.6) is 0 Å². The first-order chi connectivity index (χ1) is 8.49. The van der Waals surface area contributed by atoms with Gasteiger partial charge in [-0.25, -0.2) is 14.2 Å². The van der Waals surface area contributed by atoms with Crippen molar-refractivity contribution < 1.29 is 19.1 Å². The number of nitrogens with one attached hydrogen (secondary N) is 1. The molecule has 1 aromatic rings. The minimum atomic E-state index is -1.51. The Morgan fingerprint density at radius 1 is 1.56 bits per heavy atom. The SMILES string of the molecule is CCCc1nc(C)c(C(=O)NC(CF)C(=O)O)s1. The molecular weight excluding hydrogens is 259 g/mol. The van der Waals surface area contributed by atoms with E-state index < -0.39 is 24.6 Å². The standard InChI is InChI=1S/C11H15FN2O3S/c1-3-4-8-13-6(2)9(18-8)10(15)14-7(5-12)11(16)17/h7H,3-5H2,1-2H3,(H,14,15)(H,16,17). The molecule has 0 fully saturated rings. The van der Waals surface area contributed by atoms with Crippen molar-refractivity contribution in [1.82, 2.24) is 10.3 Å². The molecule has 1 unspecified atom stereocenters. The van der Waals surface area contributed by atoms with E-state index in [1.165, 1.54) is 11.3 Å². The van der Waals surface area contributed by atoms with Crippen molar-refractivity contribution >= 4 is 23.2 Å². The third-order valence-corrected chi connectivity index (χ3v) is 3.48. The monoisotopic (exact) mass is 274 g/mol. The number of aromatic nitrogens is 1. The van der Waals surface area contributed by atoms with Gasteiger partial charge in [-0.1, -0.05) is 6.92 Å². The van der Waals surface area contributed by atoms with Crippen LogP contribution in [0.3, 0.4) is 0 Å². The number of aliphatic carboxylic acids is 1. The van der Waals surface area contributed by atoms with Crippen molar-refractivity contribution in [3.63, 3.8) is 0 Å². The molecule has 0 aliphatic carbocycles. The number of alkyl halides is 1. The molecular formula is C11H15FN2O3S. The summed E-state index contributed by atoms with van der Waals surface area (Å²) in [5.41, 5.74) is 0.545. The van der Waals surface area contributed by atoms with Crippen LogP contribution in [0.2, 0.25) is 0 Å². The van der Waals surface area contributed by atoms with Crippen LogP contribution in [0.1, 0.15) is 33.7 Å². The Morgan fingerprint density at radius 3 is 2.72 bits per heavy atom. The summed E-state index contributed by atoms with van der Waals surface area (Å²) in [5.74, 6) is -1.97. The first kappa shape index (κ1) is 14.6. The van der Waals surface area contributed by atoms with Gasteiger partial charge in [-0.2, -0.15) is 0 Å². The van der Waals surface area contributed by atoms with Gasteiger partial charge in [0, 0.05) is 0 Å². The lowest BCUT2D eigenvalue weighted by Crippen LogP contribution is -2.42. The molecule has 0 radical (unpaired) electrons. The predicted octanol–water partition coefficient (Wildman–Crippen LogP) is 1.56. The molecule has 0 saturated heterocycles. The molecule has 1 amide bonds. The van der Waals surface area contributed by atoms with Crippen LogP contribution in [0.4, 0.5) is 4.39 Å². The van der Waals surface area contributed by atoms with Gasteiger partial charge in [0.2, 0.25) is 0 Å². The van der Waals surface area contributed by atoms with Crippen LogP contribution in [-0.2, 0) is 11.2 Å². The zero-order valence-corrected chi connectivity index (χ0v) is 11.0. The van der Waals surface area contributed by atoms with Crippen LogP contribution in [0.15, 0.2) is 0 Å². The zero-order valence-electron chi connectivity index (χ0n) is 10.2. The summed E-state index contributed by atoms with van der Waals surface area (Å²) in [6.07, 6.45) is 1.68. The lowest BCUT2D eigenvalue weighted by molar-refractivity contribution is -0.139. The van der Waals surface area contributed by atoms with E-state index in [4.69, 9.17) is 5.11 Å². The number of thiazole rings is 1. The number of carboxylic acid groups (broad SMARTS) is 1. The summed E-state index contributed by atoms with van der Waals surface area (Å²) in [6.45, 7) is 2.54. The van der Waals surface area contributed by atoms with Crippen molar-refractivity contribution in [1.29, 1.82) is 0 Å². The number of halogens is 1. The van der Waals surface area contributed by atoms with E-state index in [2.05, 4.69) is 10.3 Å². The maximum Gasteiger partial charge on any atom is 0.328 e. The minimum Gasteiger partial charge on any atom is -0.480 e. The molecule has 7 heteroatoms. The van der Waals surface area contributed by atoms with Gasteiger partial charge in [-0.05, 0) is 19.8 Å². The van der Waals surface area contributed by atoms with Crippen molar-refractivity contribution in [3.05, 3.63) is 15.6 Å². The van der Waals surface area contributed by atoms with Crippen LogP contribution < -0.4 is 5.32 Å². The van der Waals surface area contributed by atoms with E-state index in [1.807, 2.05) is 6.92 Å². The van der Waals surface area contributed by atoms with Crippen LogP contribution in [0.25, 0.3) is 0 Å². The lowest BCUT2D eigenvalue weighted by Gasteiger charge is -2.09. The summed E-state index contributed by atoms with van der Waals surface area (Å²) < 4.78 is 12.4. The maximum atomic E-state index is 12.4. The summed E-state index contributed by atoms with van der Waals surface area (Å²) in [5, 5.41) is 11.6. The number of nitrogens with zero attached hydrogens (tertiary/aromatic N) is 1. The number of carbonyl (C=O) groups is 2. The van der Waals surface area contributed by atoms with Gasteiger partial charge in [-0.3, -0.25) is 4.79 Å². The predicted molar refractivity (Wildman–Crippen MR) is 65.7 cm³/mol. The summed E-state index contributed by atoms with van der Waals surface area (Å²) in [7, 11) is 0. The van der Waals surface area contributed by atoms with E-state index >= 15 is 0 Å². The van der Waals surface area contributed by atoms with Crippen LogP contribution in [-0.4, -0.2) is 34.7 Å². The second kappa shape index (κ2) is 6.44. The van der Waals surface area contributed by atoms with Gasteiger partial charge in [0.15, 0.2) is 6.04 Å². The topological polar surface area (TPSA) is 79.3 Å². The fourth-order valence-corrected chi connectivity index (χ4v) is 2.44. The quantitative estimate of drug-likeness (QED) is 0.825. The fourth-order valence-electron chi connectivity index (χ4n) is 1.37. The van der Waals surface area contributed by atoms with Gasteiger partial charge in [0.25, 0.3) is 5.91 Å². The van der Waals surface area contributed by atoms with Gasteiger partial charge in [0.05, 0.1) is 10.7 Å². The number of hydrogen-bond acceptors (Lipinski definition) is 4. The minimum absolute atomic E-state index is 0.346. The number of carbonyl (C=O) groups excluding carboxylic acids is 1. The lowest BCUT2D eigenvalue weighted by atomic mass is 10.3. The highest BCUT2D eigenvalue weighted by Gasteiger charge is 2.23. The average Bonchev–Trinajstić information content (AvgIpc) is 2.67. The Labute approximate surface area is 108 Å². The van der Waals surface area contributed by atoms with E-state index in [-0.39, 0.29) is 0 Å². The fraction of sp³-hybridized carbons (Fsp3) is 0.545. The van der Waals surface area contributed by atoms with Gasteiger partial charge < -0.3 is 10.4 Å². The molecule has 1 aromatic heterocycles. The number of hydrogen-bond donors (Lipinski definition) is 2. The van der Waals surface area contributed by atoms with Crippen molar-refractivity contribution in [3.8, 4) is 0 Å². The molecule has 0 aromatic carbocycles. The second-order valence-electron chi connectivity index (χ2n) is 3.79. The molecule has 18 heavy (non-hydrogen) atoms. The number of carboxylic acids is 1. The van der Waals surface area contributed by atoms with Gasteiger partial charge in [-0.15, -0.1) is 11.3 Å². The van der Waals surface area contributed by atoms with E-state index in [0.717, 1.165) is 17.8 Å². The average molecular weight is 274 g/mol. The molecule has 2 N–H and O–H groups in total.